The van der Waals surface area contributed by atoms with Gasteiger partial charge in [-0.3, -0.25) is 14.4 Å². The lowest BCUT2D eigenvalue weighted by Gasteiger charge is -2.40. The van der Waals surface area contributed by atoms with E-state index in [2.05, 4.69) is 57.2 Å². The number of carbonyl (C=O) groups excluding carboxylic acids is 3. The fourth-order valence-corrected chi connectivity index (χ4v) is 8.33. The van der Waals surface area contributed by atoms with Crippen molar-refractivity contribution >= 4 is 23.9 Å². The molecule has 0 aromatic rings. The fraction of sp³-hybridized carbons (Fsp3) is 0.763. The minimum atomic E-state index is -1.93. The second-order valence-corrected chi connectivity index (χ2v) is 19.2. The Kier molecular flexibility index (Phi) is 43.7. The second-order valence-electron chi connectivity index (χ2n) is 19.2. The molecule has 12 heteroatoms. The Morgan fingerprint density at radius 1 is 0.479 bits per heavy atom. The van der Waals surface area contributed by atoms with Crippen molar-refractivity contribution in [2.45, 2.75) is 276 Å². The van der Waals surface area contributed by atoms with E-state index in [-0.39, 0.29) is 25.9 Å². The number of carboxylic acids is 1. The molecule has 1 fully saturated rings. The molecule has 0 bridgehead atoms. The number of esters is 3. The Bertz CT molecular complexity index is 1470. The van der Waals surface area contributed by atoms with E-state index in [0.717, 1.165) is 64.2 Å². The summed E-state index contributed by atoms with van der Waals surface area (Å²) in [6, 6.07) is 0. The fourth-order valence-electron chi connectivity index (χ4n) is 8.33. The normalized spacial score (nSPS) is 18.9. The lowest BCUT2D eigenvalue weighted by molar-refractivity contribution is -0.301. The number of rotatable bonds is 47. The third kappa shape index (κ3) is 37.8. The summed E-state index contributed by atoms with van der Waals surface area (Å²) in [4.78, 5) is 50.8. The molecule has 71 heavy (non-hydrogen) atoms. The van der Waals surface area contributed by atoms with Crippen LogP contribution in [0.2, 0.25) is 0 Å². The van der Waals surface area contributed by atoms with Crippen molar-refractivity contribution in [1.82, 2.24) is 0 Å². The van der Waals surface area contributed by atoms with Crippen LogP contribution in [0.3, 0.4) is 0 Å². The Morgan fingerprint density at radius 2 is 0.873 bits per heavy atom. The number of aliphatic hydroxyl groups is 2. The summed E-state index contributed by atoms with van der Waals surface area (Å²) in [7, 11) is 0. The number of allylic oxidation sites excluding steroid dienone is 9. The quantitative estimate of drug-likeness (QED) is 0.0228. The van der Waals surface area contributed by atoms with Gasteiger partial charge in [0.05, 0.1) is 13.0 Å². The first-order chi connectivity index (χ1) is 34.6. The number of carbonyl (C=O) groups is 4. The van der Waals surface area contributed by atoms with E-state index in [1.54, 1.807) is 12.2 Å². The number of ether oxygens (including phenoxy) is 5. The second kappa shape index (κ2) is 47.4. The van der Waals surface area contributed by atoms with Gasteiger partial charge in [-0.15, -0.1) is 0 Å². The monoisotopic (exact) mass is 1000 g/mol. The van der Waals surface area contributed by atoms with Crippen LogP contribution in [-0.4, -0.2) is 89.2 Å². The highest BCUT2D eigenvalue weighted by Gasteiger charge is 2.50. The van der Waals surface area contributed by atoms with Crippen molar-refractivity contribution < 1.29 is 58.2 Å². The maximum Gasteiger partial charge on any atom is 0.335 e. The SMILES string of the molecule is CC/C=C\C/C=C\C/C=C\C/C=C\C/C=C\CC(=O)OC1C(OCC(COC(=O)CCCCCCCCCCCCCCCCCCC)OC(=O)CCCCCCCCCCC)OC(C(=O)O)C(O)C1O. The van der Waals surface area contributed by atoms with Gasteiger partial charge in [0.1, 0.15) is 18.8 Å². The van der Waals surface area contributed by atoms with Crippen LogP contribution in [0.25, 0.3) is 0 Å². The largest absolute Gasteiger partial charge is 0.479 e. The number of unbranched alkanes of at least 4 members (excludes halogenated alkanes) is 24. The van der Waals surface area contributed by atoms with Gasteiger partial charge in [0.25, 0.3) is 0 Å². The van der Waals surface area contributed by atoms with Crippen molar-refractivity contribution in [2.24, 2.45) is 0 Å². The summed E-state index contributed by atoms with van der Waals surface area (Å²) in [6.07, 6.45) is 45.3. The molecular formula is C59H100O12. The molecule has 0 saturated carbocycles. The average molecular weight is 1000 g/mol. The Hall–Kier alpha value is -3.58. The maximum atomic E-state index is 13.0. The number of aliphatic carboxylic acids is 1. The van der Waals surface area contributed by atoms with Crippen molar-refractivity contribution in [3.05, 3.63) is 60.8 Å². The molecule has 1 heterocycles. The zero-order valence-electron chi connectivity index (χ0n) is 44.7. The van der Waals surface area contributed by atoms with Crippen LogP contribution >= 0.6 is 0 Å². The van der Waals surface area contributed by atoms with E-state index in [4.69, 9.17) is 23.7 Å². The van der Waals surface area contributed by atoms with Crippen molar-refractivity contribution in [3.63, 3.8) is 0 Å². The smallest absolute Gasteiger partial charge is 0.335 e. The van der Waals surface area contributed by atoms with Crippen molar-refractivity contribution in [1.29, 1.82) is 0 Å². The summed E-state index contributed by atoms with van der Waals surface area (Å²) in [5, 5.41) is 31.3. The summed E-state index contributed by atoms with van der Waals surface area (Å²) in [5.74, 6) is -3.27. The van der Waals surface area contributed by atoms with Gasteiger partial charge in [-0.25, -0.2) is 4.79 Å². The highest BCUT2D eigenvalue weighted by Crippen LogP contribution is 2.26. The first-order valence-corrected chi connectivity index (χ1v) is 28.3. The highest BCUT2D eigenvalue weighted by atomic mass is 16.7. The highest BCUT2D eigenvalue weighted by molar-refractivity contribution is 5.74. The van der Waals surface area contributed by atoms with E-state index < -0.39 is 67.3 Å². The molecule has 1 rings (SSSR count). The van der Waals surface area contributed by atoms with Gasteiger partial charge >= 0.3 is 23.9 Å². The molecule has 1 saturated heterocycles. The van der Waals surface area contributed by atoms with Crippen LogP contribution in [0, 0.1) is 0 Å². The third-order valence-electron chi connectivity index (χ3n) is 12.6. The number of hydrogen-bond acceptors (Lipinski definition) is 11. The first kappa shape index (κ1) is 65.4. The van der Waals surface area contributed by atoms with Gasteiger partial charge in [-0.1, -0.05) is 236 Å². The van der Waals surface area contributed by atoms with E-state index in [9.17, 15) is 34.5 Å². The summed E-state index contributed by atoms with van der Waals surface area (Å²) >= 11 is 0. The van der Waals surface area contributed by atoms with Gasteiger partial charge in [-0.2, -0.15) is 0 Å². The number of aliphatic hydroxyl groups excluding tert-OH is 2. The Labute approximate surface area is 430 Å². The van der Waals surface area contributed by atoms with E-state index in [1.807, 2.05) is 12.2 Å². The summed E-state index contributed by atoms with van der Waals surface area (Å²) < 4.78 is 28.2. The molecule has 0 aromatic carbocycles. The Balaban J connectivity index is 2.70. The summed E-state index contributed by atoms with van der Waals surface area (Å²) in [6.45, 7) is 5.81. The van der Waals surface area contributed by atoms with Gasteiger partial charge < -0.3 is 39.0 Å². The number of hydrogen-bond donors (Lipinski definition) is 3. The average Bonchev–Trinajstić information content (AvgIpc) is 3.35. The van der Waals surface area contributed by atoms with E-state index in [0.29, 0.717) is 19.3 Å². The molecule has 6 atom stereocenters. The van der Waals surface area contributed by atoms with Gasteiger partial charge in [-0.05, 0) is 44.9 Å². The maximum absolute atomic E-state index is 13.0. The zero-order valence-corrected chi connectivity index (χ0v) is 44.7. The molecule has 12 nitrogen and oxygen atoms in total. The van der Waals surface area contributed by atoms with Crippen molar-refractivity contribution in [3.8, 4) is 0 Å². The molecule has 0 amide bonds. The predicted molar refractivity (Wildman–Crippen MR) is 285 cm³/mol. The van der Waals surface area contributed by atoms with Crippen LogP contribution in [0.4, 0.5) is 0 Å². The minimum Gasteiger partial charge on any atom is -0.479 e. The van der Waals surface area contributed by atoms with Gasteiger partial charge in [0.15, 0.2) is 24.6 Å². The molecule has 1 aliphatic heterocycles. The minimum absolute atomic E-state index is 0.154. The predicted octanol–water partition coefficient (Wildman–Crippen LogP) is 14.0. The van der Waals surface area contributed by atoms with Gasteiger partial charge in [0, 0.05) is 12.8 Å². The van der Waals surface area contributed by atoms with E-state index >= 15 is 0 Å². The summed E-state index contributed by atoms with van der Waals surface area (Å²) in [5.41, 5.74) is 0. The first-order valence-electron chi connectivity index (χ1n) is 28.3. The van der Waals surface area contributed by atoms with Crippen LogP contribution in [0.1, 0.15) is 239 Å². The molecule has 0 aliphatic carbocycles. The van der Waals surface area contributed by atoms with Gasteiger partial charge in [0.2, 0.25) is 0 Å². The molecule has 6 unspecified atom stereocenters. The molecule has 0 aromatic heterocycles. The lowest BCUT2D eigenvalue weighted by Crippen LogP contribution is -2.61. The van der Waals surface area contributed by atoms with Crippen LogP contribution < -0.4 is 0 Å². The molecule has 408 valence electrons. The molecule has 0 spiro atoms. The molecule has 3 N–H and O–H groups in total. The van der Waals surface area contributed by atoms with Crippen LogP contribution in [0.15, 0.2) is 60.8 Å². The van der Waals surface area contributed by atoms with Crippen LogP contribution in [0.5, 0.6) is 0 Å². The molecular weight excluding hydrogens is 901 g/mol. The Morgan fingerprint density at radius 3 is 1.30 bits per heavy atom. The lowest BCUT2D eigenvalue weighted by atomic mass is 9.98. The third-order valence-corrected chi connectivity index (χ3v) is 12.6. The molecule has 0 radical (unpaired) electrons. The standard InChI is InChI=1S/C59H100O12/c1-4-7-10-13-16-19-21-23-25-26-28-29-31-34-36-39-42-45-51(60)67-48-50(69-52(61)46-43-40-37-33-18-15-12-9-6-3)49-68-59-57(55(64)54(63)56(71-59)58(65)66)70-53(62)47-44-41-38-35-32-30-27-24-22-20-17-14-11-8-5-2/h8,11,17,20,24,27,32,35,41,44,50,54-57,59,63-64H,4-7,9-10,12-16,18-19,21-23,25-26,28-31,33-34,36-40,42-43,45-49H2,1-3H3,(H,65,66)/b11-8-,20-17-,27-24-,35-32-,44-41-. The van der Waals surface area contributed by atoms with Crippen molar-refractivity contribution in [2.75, 3.05) is 13.2 Å². The molecule has 1 aliphatic rings. The zero-order chi connectivity index (χ0) is 51.8. The topological polar surface area (TPSA) is 175 Å². The van der Waals surface area contributed by atoms with Crippen LogP contribution in [-0.2, 0) is 42.9 Å². The number of carboxylic acid groups (broad SMARTS) is 1. The van der Waals surface area contributed by atoms with E-state index in [1.165, 1.54) is 116 Å².